The summed E-state index contributed by atoms with van der Waals surface area (Å²) in [6.07, 6.45) is 3.68. The van der Waals surface area contributed by atoms with E-state index in [9.17, 15) is 9.50 Å². The Morgan fingerprint density at radius 3 is 2.50 bits per heavy atom. The number of aliphatic hydroxyl groups is 1. The Morgan fingerprint density at radius 1 is 1.17 bits per heavy atom. The molecule has 24 heavy (non-hydrogen) atoms. The lowest BCUT2D eigenvalue weighted by molar-refractivity contribution is 0.0698. The molecular formula is C18H17ClFN3O. The molecule has 4 N–H and O–H groups in total. The third kappa shape index (κ3) is 3.06. The number of H-pyrrole nitrogens is 1. The first-order valence-electron chi connectivity index (χ1n) is 7.52. The van der Waals surface area contributed by atoms with E-state index in [0.717, 1.165) is 11.1 Å². The van der Waals surface area contributed by atoms with Gasteiger partial charge in [-0.15, -0.1) is 0 Å². The van der Waals surface area contributed by atoms with E-state index in [1.165, 1.54) is 12.1 Å². The Kier molecular flexibility index (Phi) is 4.66. The lowest BCUT2D eigenvalue weighted by atomic mass is 9.82. The first-order chi connectivity index (χ1) is 11.5. The van der Waals surface area contributed by atoms with Crippen LogP contribution in [0.4, 0.5) is 4.39 Å². The van der Waals surface area contributed by atoms with Gasteiger partial charge in [0, 0.05) is 22.3 Å². The van der Waals surface area contributed by atoms with Crippen molar-refractivity contribution in [2.75, 3.05) is 6.54 Å². The molecule has 1 heterocycles. The van der Waals surface area contributed by atoms with Crippen LogP contribution in [0.5, 0.6) is 0 Å². The second-order valence-corrected chi connectivity index (χ2v) is 6.02. The molecule has 4 nitrogen and oxygen atoms in total. The van der Waals surface area contributed by atoms with Crippen LogP contribution in [0.3, 0.4) is 0 Å². The number of nitrogens with one attached hydrogen (secondary N) is 1. The van der Waals surface area contributed by atoms with Crippen molar-refractivity contribution in [3.05, 3.63) is 76.8 Å². The molecule has 3 rings (SSSR count). The summed E-state index contributed by atoms with van der Waals surface area (Å²) in [4.78, 5) is 0. The molecule has 3 aromatic rings. The molecule has 0 amide bonds. The third-order valence-electron chi connectivity index (χ3n) is 4.08. The average Bonchev–Trinajstić information content (AvgIpc) is 3.09. The third-order valence-corrected chi connectivity index (χ3v) is 4.31. The lowest BCUT2D eigenvalue weighted by Crippen LogP contribution is -2.31. The van der Waals surface area contributed by atoms with Gasteiger partial charge in [0.1, 0.15) is 11.4 Å². The van der Waals surface area contributed by atoms with Crippen LogP contribution in [0.1, 0.15) is 17.5 Å². The number of aromatic amines is 1. The van der Waals surface area contributed by atoms with Gasteiger partial charge in [-0.25, -0.2) is 4.39 Å². The van der Waals surface area contributed by atoms with Crippen LogP contribution in [0.25, 0.3) is 11.1 Å². The summed E-state index contributed by atoms with van der Waals surface area (Å²) in [5.41, 5.74) is 6.75. The number of hydrogen-bond donors (Lipinski definition) is 3. The van der Waals surface area contributed by atoms with E-state index in [4.69, 9.17) is 17.3 Å². The smallest absolute Gasteiger partial charge is 0.131 e. The van der Waals surface area contributed by atoms with Crippen LogP contribution in [0.15, 0.2) is 54.9 Å². The SMILES string of the molecule is NCCC(O)(c1ccc(-c2cn[nH]c2)cc1)c1ccc(Cl)cc1F. The summed E-state index contributed by atoms with van der Waals surface area (Å²) >= 11 is 5.81. The number of nitrogens with zero attached hydrogens (tertiary/aromatic N) is 1. The van der Waals surface area contributed by atoms with Crippen molar-refractivity contribution >= 4 is 11.6 Å². The first-order valence-corrected chi connectivity index (χ1v) is 7.90. The summed E-state index contributed by atoms with van der Waals surface area (Å²) < 4.78 is 14.4. The molecular weight excluding hydrogens is 329 g/mol. The van der Waals surface area contributed by atoms with Gasteiger partial charge in [-0.1, -0.05) is 41.9 Å². The lowest BCUT2D eigenvalue weighted by Gasteiger charge is -2.29. The van der Waals surface area contributed by atoms with E-state index in [2.05, 4.69) is 10.2 Å². The zero-order chi connectivity index (χ0) is 17.2. The second-order valence-electron chi connectivity index (χ2n) is 5.59. The molecule has 0 radical (unpaired) electrons. The van der Waals surface area contributed by atoms with Crippen LogP contribution >= 0.6 is 11.6 Å². The van der Waals surface area contributed by atoms with Crippen molar-refractivity contribution in [3.63, 3.8) is 0 Å². The molecule has 2 aromatic carbocycles. The van der Waals surface area contributed by atoms with Crippen molar-refractivity contribution in [2.24, 2.45) is 5.73 Å². The van der Waals surface area contributed by atoms with Crippen LogP contribution in [0.2, 0.25) is 5.02 Å². The Morgan fingerprint density at radius 2 is 1.92 bits per heavy atom. The van der Waals surface area contributed by atoms with E-state index in [1.807, 2.05) is 12.1 Å². The number of benzene rings is 2. The van der Waals surface area contributed by atoms with Crippen molar-refractivity contribution < 1.29 is 9.50 Å². The molecule has 1 aromatic heterocycles. The van der Waals surface area contributed by atoms with Crippen molar-refractivity contribution in [2.45, 2.75) is 12.0 Å². The van der Waals surface area contributed by atoms with Crippen LogP contribution < -0.4 is 5.73 Å². The van der Waals surface area contributed by atoms with Gasteiger partial charge in [-0.2, -0.15) is 5.10 Å². The minimum absolute atomic E-state index is 0.161. The average molecular weight is 346 g/mol. The summed E-state index contributed by atoms with van der Waals surface area (Å²) in [5, 5.41) is 18.1. The van der Waals surface area contributed by atoms with Gasteiger partial charge >= 0.3 is 0 Å². The molecule has 6 heteroatoms. The minimum atomic E-state index is -1.52. The largest absolute Gasteiger partial charge is 0.380 e. The molecule has 0 aliphatic heterocycles. The van der Waals surface area contributed by atoms with Gasteiger partial charge in [0.2, 0.25) is 0 Å². The fourth-order valence-corrected chi connectivity index (χ4v) is 2.97. The van der Waals surface area contributed by atoms with E-state index in [-0.39, 0.29) is 23.6 Å². The van der Waals surface area contributed by atoms with Crippen LogP contribution in [-0.2, 0) is 5.60 Å². The van der Waals surface area contributed by atoms with Crippen molar-refractivity contribution in [1.82, 2.24) is 10.2 Å². The standard InChI is InChI=1S/C18H17ClFN3O/c19-15-5-6-16(17(20)9-15)18(24,7-8-21)14-3-1-12(2-4-14)13-10-22-23-11-13/h1-6,9-11,24H,7-8,21H2,(H,22,23). The maximum atomic E-state index is 14.4. The minimum Gasteiger partial charge on any atom is -0.380 e. The normalized spacial score (nSPS) is 13.7. The van der Waals surface area contributed by atoms with Gasteiger partial charge in [0.05, 0.1) is 6.20 Å². The second kappa shape index (κ2) is 6.73. The first kappa shape index (κ1) is 16.6. The Hall–Kier alpha value is -2.21. The zero-order valence-electron chi connectivity index (χ0n) is 12.8. The topological polar surface area (TPSA) is 74.9 Å². The molecule has 1 unspecified atom stereocenters. The molecule has 0 saturated heterocycles. The summed E-state index contributed by atoms with van der Waals surface area (Å²) in [7, 11) is 0. The van der Waals surface area contributed by atoms with Crippen LogP contribution in [0, 0.1) is 5.82 Å². The highest BCUT2D eigenvalue weighted by atomic mass is 35.5. The predicted molar refractivity (Wildman–Crippen MR) is 92.1 cm³/mol. The van der Waals surface area contributed by atoms with E-state index in [0.29, 0.717) is 5.56 Å². The molecule has 0 aliphatic carbocycles. The van der Waals surface area contributed by atoms with E-state index in [1.54, 1.807) is 30.6 Å². The zero-order valence-corrected chi connectivity index (χ0v) is 13.6. The maximum absolute atomic E-state index is 14.4. The Balaban J connectivity index is 2.04. The molecule has 124 valence electrons. The maximum Gasteiger partial charge on any atom is 0.131 e. The highest BCUT2D eigenvalue weighted by Crippen LogP contribution is 2.36. The number of halogens is 2. The number of hydrogen-bond acceptors (Lipinski definition) is 3. The number of nitrogens with two attached hydrogens (primary N) is 1. The molecule has 0 spiro atoms. The summed E-state index contributed by atoms with van der Waals surface area (Å²) in [6, 6.07) is 11.5. The quantitative estimate of drug-likeness (QED) is 0.663. The van der Waals surface area contributed by atoms with Crippen LogP contribution in [-0.4, -0.2) is 21.8 Å². The van der Waals surface area contributed by atoms with Crippen molar-refractivity contribution in [3.8, 4) is 11.1 Å². The molecule has 0 saturated carbocycles. The fraction of sp³-hybridized carbons (Fsp3) is 0.167. The summed E-state index contributed by atoms with van der Waals surface area (Å²) in [6.45, 7) is 0.210. The molecule has 0 aliphatic rings. The monoisotopic (exact) mass is 345 g/mol. The molecule has 0 fully saturated rings. The molecule has 0 bridgehead atoms. The fourth-order valence-electron chi connectivity index (χ4n) is 2.82. The van der Waals surface area contributed by atoms with E-state index < -0.39 is 11.4 Å². The van der Waals surface area contributed by atoms with E-state index >= 15 is 0 Å². The van der Waals surface area contributed by atoms with Gasteiger partial charge < -0.3 is 10.8 Å². The number of rotatable bonds is 5. The van der Waals surface area contributed by atoms with Gasteiger partial charge in [0.25, 0.3) is 0 Å². The molecule has 1 atom stereocenters. The summed E-state index contributed by atoms with van der Waals surface area (Å²) in [5.74, 6) is -0.558. The van der Waals surface area contributed by atoms with Gasteiger partial charge in [-0.3, -0.25) is 5.10 Å². The van der Waals surface area contributed by atoms with Crippen molar-refractivity contribution in [1.29, 1.82) is 0 Å². The number of aromatic nitrogens is 2. The highest BCUT2D eigenvalue weighted by molar-refractivity contribution is 6.30. The van der Waals surface area contributed by atoms with Gasteiger partial charge in [-0.05, 0) is 36.2 Å². The Bertz CT molecular complexity index is 821. The Labute approximate surface area is 144 Å². The highest BCUT2D eigenvalue weighted by Gasteiger charge is 2.33. The predicted octanol–water partition coefficient (Wildman–Crippen LogP) is 3.45. The van der Waals surface area contributed by atoms with Gasteiger partial charge in [0.15, 0.2) is 0 Å².